The minimum Gasteiger partial charge on any atom is -0.481 e. The summed E-state index contributed by atoms with van der Waals surface area (Å²) in [6.07, 6.45) is 3.88. The number of hydrogen-bond acceptors (Lipinski definition) is 2. The molecule has 0 aromatic carbocycles. The van der Waals surface area contributed by atoms with Crippen LogP contribution in [0.15, 0.2) is 0 Å². The van der Waals surface area contributed by atoms with Crippen LogP contribution in [-0.4, -0.2) is 24.2 Å². The highest BCUT2D eigenvalue weighted by Gasteiger charge is 2.25. The van der Waals surface area contributed by atoms with Crippen molar-refractivity contribution in [2.45, 2.75) is 32.6 Å². The van der Waals surface area contributed by atoms with Gasteiger partial charge in [-0.1, -0.05) is 6.92 Å². The van der Waals surface area contributed by atoms with Crippen molar-refractivity contribution in [1.29, 1.82) is 0 Å². The van der Waals surface area contributed by atoms with Crippen LogP contribution in [0.3, 0.4) is 0 Å². The van der Waals surface area contributed by atoms with Gasteiger partial charge in [-0.15, -0.1) is 12.4 Å². The Morgan fingerprint density at radius 1 is 1.36 bits per heavy atom. The number of hydrogen-bond donors (Lipinski definition) is 2. The third-order valence-electron chi connectivity index (χ3n) is 2.88. The first-order valence-corrected chi connectivity index (χ1v) is 5.17. The molecule has 3 nitrogen and oxygen atoms in total. The molecule has 1 aliphatic carbocycles. The molecule has 0 radical (unpaired) electrons. The predicted octanol–water partition coefficient (Wildman–Crippen LogP) is 1.91. The molecule has 1 saturated carbocycles. The lowest BCUT2D eigenvalue weighted by molar-refractivity contribution is -0.143. The van der Waals surface area contributed by atoms with Gasteiger partial charge in [0.05, 0.1) is 5.92 Å². The summed E-state index contributed by atoms with van der Waals surface area (Å²) in [6.45, 7) is 4.17. The van der Waals surface area contributed by atoms with Crippen LogP contribution in [0.1, 0.15) is 32.6 Å². The van der Waals surface area contributed by atoms with Gasteiger partial charge in [0.1, 0.15) is 0 Å². The minimum atomic E-state index is -0.609. The fourth-order valence-corrected chi connectivity index (χ4v) is 1.96. The summed E-state index contributed by atoms with van der Waals surface area (Å²) < 4.78 is 0. The molecule has 1 aliphatic rings. The molecule has 0 atom stereocenters. The average molecular weight is 222 g/mol. The van der Waals surface area contributed by atoms with Gasteiger partial charge >= 0.3 is 5.97 Å². The molecule has 4 heteroatoms. The van der Waals surface area contributed by atoms with Gasteiger partial charge in [-0.3, -0.25) is 4.79 Å². The summed E-state index contributed by atoms with van der Waals surface area (Å²) >= 11 is 0. The molecule has 0 amide bonds. The van der Waals surface area contributed by atoms with E-state index < -0.39 is 5.97 Å². The smallest absolute Gasteiger partial charge is 0.306 e. The Morgan fingerprint density at radius 3 is 2.36 bits per heavy atom. The molecule has 0 bridgehead atoms. The second kappa shape index (κ2) is 7.07. The van der Waals surface area contributed by atoms with Crippen molar-refractivity contribution in [3.63, 3.8) is 0 Å². The summed E-state index contributed by atoms with van der Waals surface area (Å²) in [5.41, 5.74) is 0. The lowest BCUT2D eigenvalue weighted by Crippen LogP contribution is -2.28. The van der Waals surface area contributed by atoms with Crippen LogP contribution in [0.25, 0.3) is 0 Å². The maximum absolute atomic E-state index is 10.7. The zero-order chi connectivity index (χ0) is 9.68. The van der Waals surface area contributed by atoms with Crippen molar-refractivity contribution in [2.24, 2.45) is 11.8 Å². The van der Waals surface area contributed by atoms with E-state index in [4.69, 9.17) is 5.11 Å². The van der Waals surface area contributed by atoms with Gasteiger partial charge in [-0.05, 0) is 44.7 Å². The fourth-order valence-electron chi connectivity index (χ4n) is 1.96. The van der Waals surface area contributed by atoms with Crippen LogP contribution in [0.5, 0.6) is 0 Å². The number of halogens is 1. The predicted molar refractivity (Wildman–Crippen MR) is 58.9 cm³/mol. The van der Waals surface area contributed by atoms with E-state index in [2.05, 4.69) is 12.2 Å². The highest BCUT2D eigenvalue weighted by atomic mass is 35.5. The molecule has 1 fully saturated rings. The molecule has 0 aliphatic heterocycles. The molecule has 0 aromatic heterocycles. The number of carboxylic acid groups (broad SMARTS) is 1. The van der Waals surface area contributed by atoms with Crippen molar-refractivity contribution in [3.8, 4) is 0 Å². The van der Waals surface area contributed by atoms with Crippen molar-refractivity contribution in [2.75, 3.05) is 13.1 Å². The van der Waals surface area contributed by atoms with E-state index in [0.29, 0.717) is 5.92 Å². The average Bonchev–Trinajstić information content (AvgIpc) is 2.15. The largest absolute Gasteiger partial charge is 0.481 e. The minimum absolute atomic E-state index is 0. The third kappa shape index (κ3) is 4.29. The quantitative estimate of drug-likeness (QED) is 0.763. The first-order chi connectivity index (χ1) is 6.24. The lowest BCUT2D eigenvalue weighted by atomic mass is 9.82. The molecule has 0 saturated heterocycles. The highest BCUT2D eigenvalue weighted by molar-refractivity contribution is 5.85. The van der Waals surface area contributed by atoms with Crippen molar-refractivity contribution < 1.29 is 9.90 Å². The van der Waals surface area contributed by atoms with E-state index in [1.807, 2.05) is 0 Å². The monoisotopic (exact) mass is 221 g/mol. The maximum Gasteiger partial charge on any atom is 0.306 e. The number of carbonyl (C=O) groups is 1. The zero-order valence-corrected chi connectivity index (χ0v) is 9.48. The van der Waals surface area contributed by atoms with Gasteiger partial charge in [-0.2, -0.15) is 0 Å². The van der Waals surface area contributed by atoms with Crippen LogP contribution in [0.4, 0.5) is 0 Å². The van der Waals surface area contributed by atoms with E-state index in [-0.39, 0.29) is 18.3 Å². The molecule has 84 valence electrons. The van der Waals surface area contributed by atoms with Crippen LogP contribution >= 0.6 is 12.4 Å². The zero-order valence-electron chi connectivity index (χ0n) is 8.66. The molecular formula is C10H20ClNO2. The highest BCUT2D eigenvalue weighted by Crippen LogP contribution is 2.28. The Labute approximate surface area is 91.7 Å². The molecule has 0 heterocycles. The van der Waals surface area contributed by atoms with Crippen LogP contribution in [0.2, 0.25) is 0 Å². The van der Waals surface area contributed by atoms with Gasteiger partial charge in [-0.25, -0.2) is 0 Å². The number of carboxylic acids is 1. The Bertz CT molecular complexity index is 168. The standard InChI is InChI=1S/C10H19NO2.ClH/c1-2-11-7-8-3-5-9(6-4-8)10(12)13;/h8-9,11H,2-7H2,1H3,(H,12,13);1H/t8-,9-;. The van der Waals surface area contributed by atoms with Crippen molar-refractivity contribution in [1.82, 2.24) is 5.32 Å². The summed E-state index contributed by atoms with van der Waals surface area (Å²) in [6, 6.07) is 0. The molecule has 0 unspecified atom stereocenters. The van der Waals surface area contributed by atoms with Gasteiger partial charge < -0.3 is 10.4 Å². The van der Waals surface area contributed by atoms with Gasteiger partial charge in [0, 0.05) is 0 Å². The number of nitrogens with one attached hydrogen (secondary N) is 1. The SMILES string of the molecule is CCNC[C@H]1CC[C@H](C(=O)O)CC1.Cl. The maximum atomic E-state index is 10.7. The van der Waals surface area contributed by atoms with E-state index in [1.165, 1.54) is 0 Å². The topological polar surface area (TPSA) is 49.3 Å². The van der Waals surface area contributed by atoms with E-state index in [9.17, 15) is 4.79 Å². The Balaban J connectivity index is 0.00000169. The second-order valence-electron chi connectivity index (χ2n) is 3.86. The summed E-state index contributed by atoms with van der Waals surface area (Å²) in [7, 11) is 0. The number of aliphatic carboxylic acids is 1. The molecule has 0 spiro atoms. The first kappa shape index (κ1) is 13.7. The van der Waals surface area contributed by atoms with E-state index in [1.54, 1.807) is 0 Å². The Morgan fingerprint density at radius 2 is 1.93 bits per heavy atom. The summed E-state index contributed by atoms with van der Waals surface area (Å²) in [4.78, 5) is 10.7. The normalized spacial score (nSPS) is 26.6. The third-order valence-corrected chi connectivity index (χ3v) is 2.88. The molecular weight excluding hydrogens is 202 g/mol. The van der Waals surface area contributed by atoms with Crippen LogP contribution in [-0.2, 0) is 4.79 Å². The Hall–Kier alpha value is -0.280. The summed E-state index contributed by atoms with van der Waals surface area (Å²) in [5, 5.41) is 12.1. The van der Waals surface area contributed by atoms with Crippen molar-refractivity contribution in [3.05, 3.63) is 0 Å². The van der Waals surface area contributed by atoms with Gasteiger partial charge in [0.2, 0.25) is 0 Å². The van der Waals surface area contributed by atoms with Crippen LogP contribution in [0, 0.1) is 11.8 Å². The molecule has 14 heavy (non-hydrogen) atoms. The van der Waals surface area contributed by atoms with Gasteiger partial charge in [0.15, 0.2) is 0 Å². The van der Waals surface area contributed by atoms with E-state index in [0.717, 1.165) is 38.8 Å². The van der Waals surface area contributed by atoms with Gasteiger partial charge in [0.25, 0.3) is 0 Å². The first-order valence-electron chi connectivity index (χ1n) is 5.17. The van der Waals surface area contributed by atoms with Crippen LogP contribution < -0.4 is 5.32 Å². The Kier molecular flexibility index (Phi) is 6.93. The fraction of sp³-hybridized carbons (Fsp3) is 0.900. The summed E-state index contributed by atoms with van der Waals surface area (Å²) in [5.74, 6) is 0.0235. The molecule has 2 N–H and O–H groups in total. The second-order valence-corrected chi connectivity index (χ2v) is 3.86. The van der Waals surface area contributed by atoms with Crippen molar-refractivity contribution >= 4 is 18.4 Å². The lowest BCUT2D eigenvalue weighted by Gasteiger charge is -2.25. The molecule has 0 aromatic rings. The number of rotatable bonds is 4. The van der Waals surface area contributed by atoms with E-state index >= 15 is 0 Å². The molecule has 1 rings (SSSR count).